The minimum atomic E-state index is -0.976. The third kappa shape index (κ3) is 5.05. The summed E-state index contributed by atoms with van der Waals surface area (Å²) < 4.78 is 18.8. The molecule has 0 aromatic heterocycles. The van der Waals surface area contributed by atoms with Crippen LogP contribution in [0.5, 0.6) is 5.75 Å². The number of amides is 2. The second kappa shape index (κ2) is 7.99. The highest BCUT2D eigenvalue weighted by atomic mass is 19.1. The lowest BCUT2D eigenvalue weighted by atomic mass is 9.87. The number of para-hydroxylation sites is 1. The molecule has 6 heteroatoms. The van der Waals surface area contributed by atoms with Crippen molar-refractivity contribution in [3.05, 3.63) is 65.5 Å². The van der Waals surface area contributed by atoms with Crippen molar-refractivity contribution in [1.29, 1.82) is 0 Å². The van der Waals surface area contributed by atoms with Crippen molar-refractivity contribution in [2.24, 2.45) is 0 Å². The molecular formula is C20H23FN2O3. The average molecular weight is 358 g/mol. The molecule has 2 aromatic carbocycles. The summed E-state index contributed by atoms with van der Waals surface area (Å²) in [6.07, 6.45) is -0.976. The Balaban J connectivity index is 1.90. The largest absolute Gasteiger partial charge is 0.478 e. The Bertz CT molecular complexity index is 782. The molecule has 5 nitrogen and oxygen atoms in total. The van der Waals surface area contributed by atoms with E-state index in [1.54, 1.807) is 18.2 Å². The number of rotatable bonds is 4. The molecule has 2 aromatic rings. The standard InChI is InChI=1S/C20H23FN2O3/c1-13(26-17-8-6-5-7-16(17)21)18(24)22-23-19(25)14-9-11-15(12-10-14)20(2,3)4/h5-13H,1-4H3,(H,22,24)(H,23,25)/t13-/m1/s1. The fourth-order valence-electron chi connectivity index (χ4n) is 2.20. The average Bonchev–Trinajstić information content (AvgIpc) is 2.60. The number of hydrazine groups is 1. The molecule has 138 valence electrons. The zero-order valence-corrected chi connectivity index (χ0v) is 15.3. The van der Waals surface area contributed by atoms with Crippen molar-refractivity contribution in [1.82, 2.24) is 10.9 Å². The summed E-state index contributed by atoms with van der Waals surface area (Å²) in [6, 6.07) is 12.9. The maximum absolute atomic E-state index is 13.5. The third-order valence-electron chi connectivity index (χ3n) is 3.82. The first-order chi connectivity index (χ1) is 12.2. The van der Waals surface area contributed by atoms with E-state index in [1.165, 1.54) is 25.1 Å². The van der Waals surface area contributed by atoms with Gasteiger partial charge in [0.15, 0.2) is 17.7 Å². The van der Waals surface area contributed by atoms with Gasteiger partial charge in [-0.3, -0.25) is 20.4 Å². The first-order valence-electron chi connectivity index (χ1n) is 8.30. The van der Waals surface area contributed by atoms with Crippen LogP contribution >= 0.6 is 0 Å². The molecule has 0 unspecified atom stereocenters. The van der Waals surface area contributed by atoms with Gasteiger partial charge in [0.2, 0.25) is 0 Å². The molecule has 26 heavy (non-hydrogen) atoms. The molecule has 0 saturated carbocycles. The minimum absolute atomic E-state index is 0.0112. The smallest absolute Gasteiger partial charge is 0.279 e. The molecule has 0 saturated heterocycles. The molecule has 0 aliphatic rings. The maximum atomic E-state index is 13.5. The van der Waals surface area contributed by atoms with Crippen LogP contribution in [0.25, 0.3) is 0 Å². The van der Waals surface area contributed by atoms with Gasteiger partial charge in [-0.05, 0) is 42.2 Å². The molecule has 0 bridgehead atoms. The first-order valence-corrected chi connectivity index (χ1v) is 8.30. The summed E-state index contributed by atoms with van der Waals surface area (Å²) in [5.41, 5.74) is 6.11. The van der Waals surface area contributed by atoms with Gasteiger partial charge < -0.3 is 4.74 Å². The van der Waals surface area contributed by atoms with Gasteiger partial charge in [0.1, 0.15) is 0 Å². The second-order valence-electron chi connectivity index (χ2n) is 6.96. The fourth-order valence-corrected chi connectivity index (χ4v) is 2.20. The summed E-state index contributed by atoms with van der Waals surface area (Å²) >= 11 is 0. The van der Waals surface area contributed by atoms with Gasteiger partial charge in [0.25, 0.3) is 11.8 Å². The molecule has 0 heterocycles. The molecular weight excluding hydrogens is 335 g/mol. The Kier molecular flexibility index (Phi) is 5.97. The van der Waals surface area contributed by atoms with Crippen molar-refractivity contribution in [2.75, 3.05) is 0 Å². The zero-order valence-electron chi connectivity index (χ0n) is 15.3. The second-order valence-corrected chi connectivity index (χ2v) is 6.96. The predicted octanol–water partition coefficient (Wildman–Crippen LogP) is 3.35. The lowest BCUT2D eigenvalue weighted by Crippen LogP contribution is -2.47. The SMILES string of the molecule is C[C@@H](Oc1ccccc1F)C(=O)NNC(=O)c1ccc(C(C)(C)C)cc1. The van der Waals surface area contributed by atoms with Gasteiger partial charge >= 0.3 is 0 Å². The summed E-state index contributed by atoms with van der Waals surface area (Å²) in [6.45, 7) is 7.71. The Labute approximate surface area is 152 Å². The maximum Gasteiger partial charge on any atom is 0.279 e. The molecule has 1 atom stereocenters. The van der Waals surface area contributed by atoms with E-state index in [9.17, 15) is 14.0 Å². The van der Waals surface area contributed by atoms with E-state index in [0.717, 1.165) is 5.56 Å². The van der Waals surface area contributed by atoms with E-state index < -0.39 is 23.7 Å². The highest BCUT2D eigenvalue weighted by Gasteiger charge is 2.18. The van der Waals surface area contributed by atoms with Gasteiger partial charge in [-0.2, -0.15) is 0 Å². The Morgan fingerprint density at radius 1 is 1.00 bits per heavy atom. The van der Waals surface area contributed by atoms with Crippen molar-refractivity contribution in [2.45, 2.75) is 39.2 Å². The monoisotopic (exact) mass is 358 g/mol. The number of hydrogen-bond acceptors (Lipinski definition) is 3. The van der Waals surface area contributed by atoms with Crippen molar-refractivity contribution in [3.63, 3.8) is 0 Å². The number of carbonyl (C=O) groups excluding carboxylic acids is 2. The topological polar surface area (TPSA) is 67.4 Å². The summed E-state index contributed by atoms with van der Waals surface area (Å²) in [7, 11) is 0. The number of benzene rings is 2. The molecule has 0 aliphatic heterocycles. The quantitative estimate of drug-likeness (QED) is 0.824. The van der Waals surface area contributed by atoms with Gasteiger partial charge in [0.05, 0.1) is 0 Å². The first kappa shape index (κ1) is 19.4. The molecule has 0 aliphatic carbocycles. The van der Waals surface area contributed by atoms with E-state index >= 15 is 0 Å². The Hall–Kier alpha value is -2.89. The van der Waals surface area contributed by atoms with E-state index in [1.807, 2.05) is 12.1 Å². The van der Waals surface area contributed by atoms with Crippen LogP contribution in [0, 0.1) is 5.82 Å². The van der Waals surface area contributed by atoms with E-state index in [4.69, 9.17) is 4.74 Å². The number of nitrogens with one attached hydrogen (secondary N) is 2. The van der Waals surface area contributed by atoms with E-state index in [2.05, 4.69) is 31.6 Å². The molecule has 0 spiro atoms. The van der Waals surface area contributed by atoms with Gasteiger partial charge in [-0.15, -0.1) is 0 Å². The number of ether oxygens (including phenoxy) is 1. The van der Waals surface area contributed by atoms with Crippen LogP contribution in [0.15, 0.2) is 48.5 Å². The third-order valence-corrected chi connectivity index (χ3v) is 3.82. The number of carbonyl (C=O) groups is 2. The number of hydrogen-bond donors (Lipinski definition) is 2. The van der Waals surface area contributed by atoms with Crippen LogP contribution in [-0.2, 0) is 10.2 Å². The fraction of sp³-hybridized carbons (Fsp3) is 0.300. The van der Waals surface area contributed by atoms with Crippen LogP contribution in [0.2, 0.25) is 0 Å². The van der Waals surface area contributed by atoms with E-state index in [0.29, 0.717) is 5.56 Å². The molecule has 2 rings (SSSR count). The van der Waals surface area contributed by atoms with Crippen LogP contribution in [0.3, 0.4) is 0 Å². The van der Waals surface area contributed by atoms with Crippen LogP contribution in [-0.4, -0.2) is 17.9 Å². The molecule has 2 N–H and O–H groups in total. The molecule has 0 radical (unpaired) electrons. The van der Waals surface area contributed by atoms with Gasteiger partial charge in [-0.1, -0.05) is 45.0 Å². The summed E-state index contributed by atoms with van der Waals surface area (Å²) in [4.78, 5) is 24.1. The molecule has 2 amide bonds. The van der Waals surface area contributed by atoms with Crippen LogP contribution < -0.4 is 15.6 Å². The van der Waals surface area contributed by atoms with Crippen LogP contribution in [0.1, 0.15) is 43.6 Å². The predicted molar refractivity (Wildman–Crippen MR) is 97.2 cm³/mol. The summed E-state index contributed by atoms with van der Waals surface area (Å²) in [5, 5.41) is 0. The van der Waals surface area contributed by atoms with Crippen molar-refractivity contribution < 1.29 is 18.7 Å². The number of halogens is 1. The minimum Gasteiger partial charge on any atom is -0.478 e. The van der Waals surface area contributed by atoms with Crippen molar-refractivity contribution >= 4 is 11.8 Å². The lowest BCUT2D eigenvalue weighted by Gasteiger charge is -2.19. The normalized spacial score (nSPS) is 12.2. The van der Waals surface area contributed by atoms with Crippen LogP contribution in [0.4, 0.5) is 4.39 Å². The Morgan fingerprint density at radius 3 is 2.19 bits per heavy atom. The highest BCUT2D eigenvalue weighted by molar-refractivity contribution is 5.95. The zero-order chi connectivity index (χ0) is 19.3. The highest BCUT2D eigenvalue weighted by Crippen LogP contribution is 2.22. The lowest BCUT2D eigenvalue weighted by molar-refractivity contribution is -0.128. The van der Waals surface area contributed by atoms with E-state index in [-0.39, 0.29) is 11.2 Å². The molecule has 0 fully saturated rings. The van der Waals surface area contributed by atoms with Gasteiger partial charge in [0, 0.05) is 5.56 Å². The van der Waals surface area contributed by atoms with Crippen molar-refractivity contribution in [3.8, 4) is 5.75 Å². The van der Waals surface area contributed by atoms with Gasteiger partial charge in [-0.25, -0.2) is 4.39 Å². The summed E-state index contributed by atoms with van der Waals surface area (Å²) in [5.74, 6) is -1.63. The Morgan fingerprint density at radius 2 is 1.62 bits per heavy atom.